The van der Waals surface area contributed by atoms with E-state index in [2.05, 4.69) is 36.1 Å². The van der Waals surface area contributed by atoms with Gasteiger partial charge >= 0.3 is 5.78 Å². The quantitative estimate of drug-likeness (QED) is 0.521. The number of piperazine rings is 1. The number of rotatable bonds is 3. The molecule has 2 aromatic heterocycles. The molecule has 0 saturated carbocycles. The average Bonchev–Trinajstić information content (AvgIpc) is 3.18. The highest BCUT2D eigenvalue weighted by atomic mass is 16.5. The number of nitrogens with zero attached hydrogens (tertiary/aromatic N) is 2. The second-order valence-corrected chi connectivity index (χ2v) is 7.80. The van der Waals surface area contributed by atoms with Crippen LogP contribution in [0.4, 0.5) is 0 Å². The van der Waals surface area contributed by atoms with Gasteiger partial charge in [0.05, 0.1) is 5.39 Å². The maximum Gasteiger partial charge on any atom is 0.302 e. The Kier molecular flexibility index (Phi) is 4.64. The SMILES string of the molecule is Cc1cccc(CN2CCN(C(=O)c3cc4c(=O)c5ccccc5oc4o3)CC2)c1. The predicted octanol–water partition coefficient (Wildman–Crippen LogP) is 3.81. The number of hydrogen-bond acceptors (Lipinski definition) is 5. The molecule has 6 nitrogen and oxygen atoms in total. The number of amides is 1. The normalized spacial score (nSPS) is 15.2. The third kappa shape index (κ3) is 3.39. The van der Waals surface area contributed by atoms with Crippen LogP contribution in [0.1, 0.15) is 21.7 Å². The second-order valence-electron chi connectivity index (χ2n) is 7.80. The third-order valence-corrected chi connectivity index (χ3v) is 5.64. The average molecular weight is 402 g/mol. The van der Waals surface area contributed by atoms with Crippen LogP contribution in [0.25, 0.3) is 22.1 Å². The molecular weight excluding hydrogens is 380 g/mol. The lowest BCUT2D eigenvalue weighted by molar-refractivity contribution is 0.0598. The van der Waals surface area contributed by atoms with Gasteiger partial charge in [-0.05, 0) is 24.6 Å². The molecule has 3 heterocycles. The highest BCUT2D eigenvalue weighted by molar-refractivity contribution is 5.97. The van der Waals surface area contributed by atoms with Gasteiger partial charge in [-0.15, -0.1) is 0 Å². The van der Waals surface area contributed by atoms with Crippen LogP contribution in [-0.2, 0) is 6.54 Å². The summed E-state index contributed by atoms with van der Waals surface area (Å²) in [6.45, 7) is 5.79. The molecule has 1 aliphatic heterocycles. The molecule has 1 amide bonds. The molecule has 0 N–H and O–H groups in total. The van der Waals surface area contributed by atoms with Crippen molar-refractivity contribution in [1.29, 1.82) is 0 Å². The first-order valence-electron chi connectivity index (χ1n) is 10.1. The van der Waals surface area contributed by atoms with Gasteiger partial charge in [0.2, 0.25) is 5.43 Å². The monoisotopic (exact) mass is 402 g/mol. The van der Waals surface area contributed by atoms with Crippen molar-refractivity contribution in [3.8, 4) is 0 Å². The van der Waals surface area contributed by atoms with Gasteiger partial charge in [0.15, 0.2) is 5.76 Å². The molecule has 6 heteroatoms. The predicted molar refractivity (Wildman–Crippen MR) is 115 cm³/mol. The van der Waals surface area contributed by atoms with Crippen molar-refractivity contribution in [3.63, 3.8) is 0 Å². The molecule has 1 fully saturated rings. The van der Waals surface area contributed by atoms with Gasteiger partial charge in [0, 0.05) is 38.8 Å². The number of aryl methyl sites for hydroxylation is 1. The van der Waals surface area contributed by atoms with E-state index in [-0.39, 0.29) is 22.9 Å². The molecule has 5 rings (SSSR count). The van der Waals surface area contributed by atoms with Crippen LogP contribution in [-0.4, -0.2) is 41.9 Å². The van der Waals surface area contributed by atoms with Crippen molar-refractivity contribution in [2.24, 2.45) is 0 Å². The van der Waals surface area contributed by atoms with Crippen molar-refractivity contribution in [2.75, 3.05) is 26.2 Å². The molecule has 0 bridgehead atoms. The Morgan fingerprint density at radius 2 is 1.73 bits per heavy atom. The van der Waals surface area contributed by atoms with Crippen LogP contribution in [0.15, 0.2) is 68.2 Å². The fourth-order valence-electron chi connectivity index (χ4n) is 4.04. The van der Waals surface area contributed by atoms with Crippen LogP contribution < -0.4 is 5.43 Å². The highest BCUT2D eigenvalue weighted by Gasteiger charge is 2.26. The first-order chi connectivity index (χ1) is 14.6. The summed E-state index contributed by atoms with van der Waals surface area (Å²) >= 11 is 0. The van der Waals surface area contributed by atoms with Crippen molar-refractivity contribution in [2.45, 2.75) is 13.5 Å². The summed E-state index contributed by atoms with van der Waals surface area (Å²) in [6.07, 6.45) is 0. The minimum atomic E-state index is -0.208. The Hall–Kier alpha value is -3.38. The van der Waals surface area contributed by atoms with E-state index >= 15 is 0 Å². The van der Waals surface area contributed by atoms with Gasteiger partial charge in [0.1, 0.15) is 11.0 Å². The Morgan fingerprint density at radius 3 is 2.53 bits per heavy atom. The summed E-state index contributed by atoms with van der Waals surface area (Å²) in [5.74, 6) is 0.0356. The summed E-state index contributed by atoms with van der Waals surface area (Å²) in [5, 5.41) is 0.782. The van der Waals surface area contributed by atoms with E-state index in [0.717, 1.165) is 19.6 Å². The lowest BCUT2D eigenvalue weighted by Gasteiger charge is -2.34. The maximum absolute atomic E-state index is 13.0. The molecule has 0 aliphatic carbocycles. The number of carbonyl (C=O) groups excluding carboxylic acids is 1. The number of carbonyl (C=O) groups is 1. The summed E-state index contributed by atoms with van der Waals surface area (Å²) in [5.41, 5.74) is 2.80. The lowest BCUT2D eigenvalue weighted by atomic mass is 10.1. The zero-order chi connectivity index (χ0) is 20.7. The Morgan fingerprint density at radius 1 is 0.933 bits per heavy atom. The number of para-hydroxylation sites is 1. The van der Waals surface area contributed by atoms with E-state index in [0.29, 0.717) is 29.4 Å². The van der Waals surface area contributed by atoms with Crippen molar-refractivity contribution < 1.29 is 13.6 Å². The number of furan rings is 1. The summed E-state index contributed by atoms with van der Waals surface area (Å²) < 4.78 is 11.3. The first-order valence-corrected chi connectivity index (χ1v) is 10.1. The van der Waals surface area contributed by atoms with Crippen molar-refractivity contribution >= 4 is 28.0 Å². The van der Waals surface area contributed by atoms with Gasteiger partial charge in [-0.1, -0.05) is 42.0 Å². The van der Waals surface area contributed by atoms with Crippen molar-refractivity contribution in [3.05, 3.63) is 81.7 Å². The molecule has 0 radical (unpaired) electrons. The molecule has 0 atom stereocenters. The topological polar surface area (TPSA) is 66.9 Å². The maximum atomic E-state index is 13.0. The van der Waals surface area contributed by atoms with E-state index in [4.69, 9.17) is 8.83 Å². The van der Waals surface area contributed by atoms with Gasteiger partial charge in [-0.2, -0.15) is 0 Å². The largest absolute Gasteiger partial charge is 0.425 e. The van der Waals surface area contributed by atoms with E-state index in [1.807, 2.05) is 0 Å². The lowest BCUT2D eigenvalue weighted by Crippen LogP contribution is -2.48. The zero-order valence-corrected chi connectivity index (χ0v) is 16.8. The van der Waals surface area contributed by atoms with Crippen LogP contribution >= 0.6 is 0 Å². The summed E-state index contributed by atoms with van der Waals surface area (Å²) in [4.78, 5) is 29.8. The van der Waals surface area contributed by atoms with Crippen LogP contribution in [0.5, 0.6) is 0 Å². The first kappa shape index (κ1) is 18.6. The summed E-state index contributed by atoms with van der Waals surface area (Å²) in [7, 11) is 0. The molecular formula is C24H22N2O4. The Balaban J connectivity index is 1.32. The molecule has 0 unspecified atom stereocenters. The smallest absolute Gasteiger partial charge is 0.302 e. The minimum Gasteiger partial charge on any atom is -0.425 e. The molecule has 1 saturated heterocycles. The number of benzene rings is 2. The van der Waals surface area contributed by atoms with Gasteiger partial charge in [-0.3, -0.25) is 14.5 Å². The molecule has 0 spiro atoms. The van der Waals surface area contributed by atoms with Gasteiger partial charge in [-0.25, -0.2) is 0 Å². The minimum absolute atomic E-state index is 0.0973. The molecule has 2 aromatic carbocycles. The van der Waals surface area contributed by atoms with Gasteiger partial charge < -0.3 is 13.7 Å². The zero-order valence-electron chi connectivity index (χ0n) is 16.8. The second kappa shape index (κ2) is 7.46. The Labute approximate surface area is 173 Å². The highest BCUT2D eigenvalue weighted by Crippen LogP contribution is 2.23. The van der Waals surface area contributed by atoms with E-state index in [1.165, 1.54) is 17.2 Å². The van der Waals surface area contributed by atoms with Crippen LogP contribution in [0.3, 0.4) is 0 Å². The fraction of sp³-hybridized carbons (Fsp3) is 0.250. The molecule has 4 aromatic rings. The van der Waals surface area contributed by atoms with Gasteiger partial charge in [0.25, 0.3) is 5.91 Å². The number of hydrogen-bond donors (Lipinski definition) is 0. The van der Waals surface area contributed by atoms with Crippen molar-refractivity contribution in [1.82, 2.24) is 9.80 Å². The van der Waals surface area contributed by atoms with E-state index in [1.54, 1.807) is 29.2 Å². The third-order valence-electron chi connectivity index (χ3n) is 5.64. The molecule has 1 aliphatic rings. The van der Waals surface area contributed by atoms with Crippen LogP contribution in [0.2, 0.25) is 0 Å². The van der Waals surface area contributed by atoms with Crippen LogP contribution in [0, 0.1) is 6.92 Å². The van der Waals surface area contributed by atoms with E-state index < -0.39 is 0 Å². The Bertz CT molecular complexity index is 1300. The molecule has 30 heavy (non-hydrogen) atoms. The molecule has 152 valence electrons. The number of fused-ring (bicyclic) bond motifs is 2. The summed E-state index contributed by atoms with van der Waals surface area (Å²) in [6, 6.07) is 17.0. The standard InChI is InChI=1S/C24H22N2O4/c1-16-5-4-6-17(13-16)15-25-9-11-26(12-10-25)23(28)21-14-19-22(27)18-7-2-3-8-20(18)29-24(19)30-21/h2-8,13-14H,9-12,15H2,1H3. The van der Waals surface area contributed by atoms with E-state index in [9.17, 15) is 9.59 Å². The fourth-order valence-corrected chi connectivity index (χ4v) is 4.04.